The zero-order valence-electron chi connectivity index (χ0n) is 16.6. The van der Waals surface area contributed by atoms with E-state index in [1.54, 1.807) is 7.11 Å². The Hall–Kier alpha value is -2.01. The van der Waals surface area contributed by atoms with E-state index in [0.29, 0.717) is 0 Å². The fraction of sp³-hybridized carbons (Fsp3) is 0.591. The summed E-state index contributed by atoms with van der Waals surface area (Å²) in [6, 6.07) is 8.30. The quantitative estimate of drug-likeness (QED) is 0.747. The average Bonchev–Trinajstić information content (AvgIpc) is 2.73. The number of methoxy groups -OCH3 is 1. The molecule has 5 heteroatoms. The minimum atomic E-state index is 0.0933. The van der Waals surface area contributed by atoms with E-state index < -0.39 is 0 Å². The number of carbonyl (C=O) groups excluding carboxylic acids is 1. The Morgan fingerprint density at radius 2 is 1.93 bits per heavy atom. The summed E-state index contributed by atoms with van der Waals surface area (Å²) in [7, 11) is 1.72. The Balaban J connectivity index is 1.34. The first kappa shape index (κ1) is 19.7. The van der Waals surface area contributed by atoms with Gasteiger partial charge in [-0.1, -0.05) is 29.8 Å². The summed E-state index contributed by atoms with van der Waals surface area (Å²) in [6.07, 6.45) is 9.38. The molecule has 3 rings (SSSR count). The molecule has 2 aliphatic rings. The highest BCUT2D eigenvalue weighted by atomic mass is 16.5. The smallest absolute Gasteiger partial charge is 0.317 e. The van der Waals surface area contributed by atoms with Gasteiger partial charge < -0.3 is 15.0 Å². The molecular formula is C22H33N3O2. The Morgan fingerprint density at radius 3 is 2.67 bits per heavy atom. The maximum absolute atomic E-state index is 12.4. The maximum Gasteiger partial charge on any atom is 0.317 e. The van der Waals surface area contributed by atoms with Gasteiger partial charge in [0, 0.05) is 39.3 Å². The SMILES string of the molecule is COc1ccccc1CCN1CCN(C(=O)NCCC2=CCCCC2)CC1. The molecule has 27 heavy (non-hydrogen) atoms. The standard InChI is InChI=1S/C22H33N3O2/c1-27-21-10-6-5-9-20(21)12-14-24-15-17-25(18-16-24)22(26)23-13-11-19-7-3-2-4-8-19/h5-7,9-10H,2-4,8,11-18H2,1H3,(H,23,26). The van der Waals surface area contributed by atoms with Gasteiger partial charge in [0.1, 0.15) is 5.75 Å². The van der Waals surface area contributed by atoms with E-state index in [0.717, 1.165) is 57.9 Å². The Kier molecular flexibility index (Phi) is 7.57. The number of ether oxygens (including phenoxy) is 1. The molecule has 0 bridgehead atoms. The molecule has 1 aliphatic carbocycles. The van der Waals surface area contributed by atoms with Crippen LogP contribution in [0.1, 0.15) is 37.7 Å². The first-order valence-corrected chi connectivity index (χ1v) is 10.3. The van der Waals surface area contributed by atoms with Crippen molar-refractivity contribution in [2.75, 3.05) is 46.4 Å². The van der Waals surface area contributed by atoms with Crippen molar-refractivity contribution in [2.45, 2.75) is 38.5 Å². The van der Waals surface area contributed by atoms with Gasteiger partial charge in [-0.15, -0.1) is 0 Å². The van der Waals surface area contributed by atoms with Crippen LogP contribution in [0, 0.1) is 0 Å². The van der Waals surface area contributed by atoms with Gasteiger partial charge in [-0.2, -0.15) is 0 Å². The van der Waals surface area contributed by atoms with Crippen LogP contribution in [0.4, 0.5) is 4.79 Å². The third kappa shape index (κ3) is 5.99. The molecule has 1 saturated heterocycles. The number of hydrogen-bond acceptors (Lipinski definition) is 3. The molecule has 1 N–H and O–H groups in total. The number of benzene rings is 1. The normalized spacial score (nSPS) is 18.1. The third-order valence-corrected chi connectivity index (χ3v) is 5.66. The number of amides is 2. The molecule has 1 heterocycles. The fourth-order valence-corrected chi connectivity index (χ4v) is 3.94. The van der Waals surface area contributed by atoms with Gasteiger partial charge in [0.05, 0.1) is 7.11 Å². The highest BCUT2D eigenvalue weighted by Gasteiger charge is 2.20. The van der Waals surface area contributed by atoms with Crippen LogP contribution in [-0.2, 0) is 6.42 Å². The van der Waals surface area contributed by atoms with E-state index >= 15 is 0 Å². The van der Waals surface area contributed by atoms with Crippen LogP contribution in [0.2, 0.25) is 0 Å². The summed E-state index contributed by atoms with van der Waals surface area (Å²) >= 11 is 0. The van der Waals surface area contributed by atoms with E-state index in [1.165, 1.54) is 36.8 Å². The molecule has 5 nitrogen and oxygen atoms in total. The topological polar surface area (TPSA) is 44.8 Å². The minimum Gasteiger partial charge on any atom is -0.496 e. The second-order valence-corrected chi connectivity index (χ2v) is 7.48. The summed E-state index contributed by atoms with van der Waals surface area (Å²) in [5.41, 5.74) is 2.76. The summed E-state index contributed by atoms with van der Waals surface area (Å²) in [4.78, 5) is 16.8. The first-order chi connectivity index (χ1) is 13.3. The van der Waals surface area contributed by atoms with Crippen LogP contribution in [0.25, 0.3) is 0 Å². The zero-order chi connectivity index (χ0) is 18.9. The molecule has 0 aromatic heterocycles. The number of para-hydroxylation sites is 1. The molecular weight excluding hydrogens is 338 g/mol. The summed E-state index contributed by atoms with van der Waals surface area (Å²) in [6.45, 7) is 5.25. The van der Waals surface area contributed by atoms with Crippen LogP contribution in [0.3, 0.4) is 0 Å². The largest absolute Gasteiger partial charge is 0.496 e. The Bertz CT molecular complexity index is 636. The lowest BCUT2D eigenvalue weighted by molar-refractivity contribution is 0.140. The summed E-state index contributed by atoms with van der Waals surface area (Å²) in [5.74, 6) is 0.962. The fourth-order valence-electron chi connectivity index (χ4n) is 3.94. The van der Waals surface area contributed by atoms with E-state index in [-0.39, 0.29) is 6.03 Å². The molecule has 2 amide bonds. The van der Waals surface area contributed by atoms with Gasteiger partial charge in [0.2, 0.25) is 0 Å². The van der Waals surface area contributed by atoms with E-state index in [1.807, 2.05) is 17.0 Å². The molecule has 0 spiro atoms. The Morgan fingerprint density at radius 1 is 1.11 bits per heavy atom. The summed E-state index contributed by atoms with van der Waals surface area (Å²) < 4.78 is 5.43. The predicted molar refractivity (Wildman–Crippen MR) is 109 cm³/mol. The van der Waals surface area contributed by atoms with Crippen molar-refractivity contribution >= 4 is 6.03 Å². The van der Waals surface area contributed by atoms with Gasteiger partial charge >= 0.3 is 6.03 Å². The van der Waals surface area contributed by atoms with Crippen molar-refractivity contribution in [1.29, 1.82) is 0 Å². The first-order valence-electron chi connectivity index (χ1n) is 10.3. The average molecular weight is 372 g/mol. The van der Waals surface area contributed by atoms with Crippen LogP contribution in [0.15, 0.2) is 35.9 Å². The lowest BCUT2D eigenvalue weighted by Gasteiger charge is -2.34. The number of hydrogen-bond donors (Lipinski definition) is 1. The molecule has 1 fully saturated rings. The second kappa shape index (κ2) is 10.4. The molecule has 1 aromatic rings. The minimum absolute atomic E-state index is 0.0933. The number of allylic oxidation sites excluding steroid dienone is 1. The zero-order valence-corrected chi connectivity index (χ0v) is 16.6. The number of nitrogens with one attached hydrogen (secondary N) is 1. The highest BCUT2D eigenvalue weighted by molar-refractivity contribution is 5.74. The molecule has 148 valence electrons. The van der Waals surface area contributed by atoms with E-state index in [4.69, 9.17) is 4.74 Å². The van der Waals surface area contributed by atoms with E-state index in [9.17, 15) is 4.79 Å². The molecule has 0 atom stereocenters. The lowest BCUT2D eigenvalue weighted by Crippen LogP contribution is -2.52. The predicted octanol–water partition coefficient (Wildman–Crippen LogP) is 3.46. The van der Waals surface area contributed by atoms with Crippen molar-refractivity contribution < 1.29 is 9.53 Å². The van der Waals surface area contributed by atoms with Gasteiger partial charge in [-0.25, -0.2) is 4.79 Å². The van der Waals surface area contributed by atoms with Crippen LogP contribution in [-0.4, -0.2) is 62.2 Å². The summed E-state index contributed by atoms with van der Waals surface area (Å²) in [5, 5.41) is 3.10. The molecule has 1 aliphatic heterocycles. The van der Waals surface area contributed by atoms with E-state index in [2.05, 4.69) is 28.4 Å². The molecule has 0 saturated carbocycles. The monoisotopic (exact) mass is 371 g/mol. The number of urea groups is 1. The van der Waals surface area contributed by atoms with Crippen LogP contribution >= 0.6 is 0 Å². The van der Waals surface area contributed by atoms with Crippen molar-refractivity contribution in [3.63, 3.8) is 0 Å². The maximum atomic E-state index is 12.4. The van der Waals surface area contributed by atoms with Gasteiger partial charge in [-0.05, 0) is 50.2 Å². The number of piperazine rings is 1. The molecule has 0 unspecified atom stereocenters. The van der Waals surface area contributed by atoms with Crippen LogP contribution < -0.4 is 10.1 Å². The molecule has 0 radical (unpaired) electrons. The second-order valence-electron chi connectivity index (χ2n) is 7.48. The Labute approximate surface area is 163 Å². The van der Waals surface area contributed by atoms with Crippen molar-refractivity contribution in [3.05, 3.63) is 41.5 Å². The van der Waals surface area contributed by atoms with Gasteiger partial charge in [0.15, 0.2) is 0 Å². The lowest BCUT2D eigenvalue weighted by atomic mass is 9.97. The number of carbonyl (C=O) groups is 1. The van der Waals surface area contributed by atoms with Crippen molar-refractivity contribution in [3.8, 4) is 5.75 Å². The third-order valence-electron chi connectivity index (χ3n) is 5.66. The van der Waals surface area contributed by atoms with Crippen molar-refractivity contribution in [2.24, 2.45) is 0 Å². The molecule has 1 aromatic carbocycles. The van der Waals surface area contributed by atoms with Gasteiger partial charge in [0.25, 0.3) is 0 Å². The van der Waals surface area contributed by atoms with Crippen molar-refractivity contribution in [1.82, 2.24) is 15.1 Å². The number of rotatable bonds is 7. The highest BCUT2D eigenvalue weighted by Crippen LogP contribution is 2.20. The number of nitrogens with zero attached hydrogens (tertiary/aromatic N) is 2. The van der Waals surface area contributed by atoms with Crippen LogP contribution in [0.5, 0.6) is 5.75 Å². The van der Waals surface area contributed by atoms with Gasteiger partial charge in [-0.3, -0.25) is 4.90 Å².